The van der Waals surface area contributed by atoms with E-state index in [9.17, 15) is 9.59 Å². The molecule has 1 aromatic heterocycles. The van der Waals surface area contributed by atoms with Crippen molar-refractivity contribution in [1.29, 1.82) is 0 Å². The van der Waals surface area contributed by atoms with E-state index < -0.39 is 0 Å². The van der Waals surface area contributed by atoms with Crippen LogP contribution in [-0.2, 0) is 16.1 Å². The normalized spacial score (nSPS) is 23.7. The van der Waals surface area contributed by atoms with Crippen molar-refractivity contribution in [3.8, 4) is 11.5 Å². The van der Waals surface area contributed by atoms with Gasteiger partial charge in [0.2, 0.25) is 5.91 Å². The van der Waals surface area contributed by atoms with E-state index in [0.717, 1.165) is 24.0 Å². The van der Waals surface area contributed by atoms with Crippen LogP contribution in [0, 0.1) is 5.92 Å². The number of methoxy groups -OCH3 is 2. The highest BCUT2D eigenvalue weighted by Crippen LogP contribution is 2.43. The first-order valence-electron chi connectivity index (χ1n) is 11.0. The Morgan fingerprint density at radius 1 is 1.24 bits per heavy atom. The summed E-state index contributed by atoms with van der Waals surface area (Å²) in [6, 6.07) is 9.48. The molecule has 8 heteroatoms. The molecular formula is C25H29N3O4S. The Kier molecular flexibility index (Phi) is 7.23. The number of thioether (sulfide) groups is 1. The molecule has 1 aromatic carbocycles. The largest absolute Gasteiger partial charge is 0.493 e. The van der Waals surface area contributed by atoms with E-state index in [4.69, 9.17) is 9.47 Å². The molecule has 2 aliphatic rings. The summed E-state index contributed by atoms with van der Waals surface area (Å²) in [4.78, 5) is 32.5. The van der Waals surface area contributed by atoms with Gasteiger partial charge in [-0.3, -0.25) is 14.6 Å². The predicted octanol–water partition coefficient (Wildman–Crippen LogP) is 3.50. The number of amides is 2. The molecule has 4 rings (SSSR count). The maximum atomic E-state index is 13.1. The molecule has 2 amide bonds. The van der Waals surface area contributed by atoms with Crippen LogP contribution in [0.4, 0.5) is 0 Å². The van der Waals surface area contributed by atoms with Gasteiger partial charge in [0.25, 0.3) is 5.91 Å². The van der Waals surface area contributed by atoms with Gasteiger partial charge in [-0.15, -0.1) is 11.8 Å². The zero-order chi connectivity index (χ0) is 23.4. The Bertz CT molecular complexity index is 1040. The van der Waals surface area contributed by atoms with Gasteiger partial charge in [0, 0.05) is 43.2 Å². The number of carbonyl (C=O) groups is 2. The van der Waals surface area contributed by atoms with Gasteiger partial charge in [-0.25, -0.2) is 0 Å². The van der Waals surface area contributed by atoms with Crippen molar-refractivity contribution < 1.29 is 19.1 Å². The summed E-state index contributed by atoms with van der Waals surface area (Å²) in [6.07, 6.45) is 7.78. The van der Waals surface area contributed by atoms with E-state index in [-0.39, 0.29) is 29.0 Å². The summed E-state index contributed by atoms with van der Waals surface area (Å²) in [7, 11) is 5.04. The molecule has 1 saturated heterocycles. The molecule has 3 atom stereocenters. The highest BCUT2D eigenvalue weighted by molar-refractivity contribution is 8.04. The number of ether oxygens (including phenoxy) is 2. The average molecular weight is 468 g/mol. The van der Waals surface area contributed by atoms with Crippen molar-refractivity contribution in [2.24, 2.45) is 5.92 Å². The third kappa shape index (κ3) is 5.16. The number of aromatic nitrogens is 1. The van der Waals surface area contributed by atoms with Crippen LogP contribution in [0.25, 0.3) is 6.08 Å². The minimum atomic E-state index is -0.0878. The fourth-order valence-electron chi connectivity index (χ4n) is 4.47. The molecule has 174 valence electrons. The first-order chi connectivity index (χ1) is 16.0. The number of hydrogen-bond acceptors (Lipinski definition) is 6. The highest BCUT2D eigenvalue weighted by Gasteiger charge is 2.42. The van der Waals surface area contributed by atoms with E-state index in [1.165, 1.54) is 0 Å². The first kappa shape index (κ1) is 23.2. The zero-order valence-corrected chi connectivity index (χ0v) is 19.9. The van der Waals surface area contributed by atoms with Crippen LogP contribution >= 0.6 is 11.8 Å². The Balaban J connectivity index is 1.42. The molecule has 0 bridgehead atoms. The summed E-state index contributed by atoms with van der Waals surface area (Å²) < 4.78 is 10.7. The van der Waals surface area contributed by atoms with Crippen LogP contribution in [0.2, 0.25) is 0 Å². The number of rotatable bonds is 6. The highest BCUT2D eigenvalue weighted by atomic mass is 32.2. The summed E-state index contributed by atoms with van der Waals surface area (Å²) in [6.45, 7) is 0.471. The van der Waals surface area contributed by atoms with Gasteiger partial charge in [0.1, 0.15) is 0 Å². The molecule has 33 heavy (non-hydrogen) atoms. The Hall–Kier alpha value is -3.00. The number of pyridine rings is 1. The fourth-order valence-corrected chi connectivity index (χ4v) is 5.95. The number of nitrogens with zero attached hydrogens (tertiary/aromatic N) is 2. The lowest BCUT2D eigenvalue weighted by Crippen LogP contribution is -2.52. The molecule has 0 radical (unpaired) electrons. The molecule has 1 saturated carbocycles. The van der Waals surface area contributed by atoms with E-state index in [0.29, 0.717) is 29.4 Å². The fraction of sp³-hybridized carbons (Fsp3) is 0.400. The van der Waals surface area contributed by atoms with Crippen LogP contribution in [0.3, 0.4) is 0 Å². The number of nitrogens with one attached hydrogen (secondary N) is 1. The lowest BCUT2D eigenvalue weighted by molar-refractivity contribution is -0.132. The molecule has 2 aromatic rings. The summed E-state index contributed by atoms with van der Waals surface area (Å²) >= 11 is 1.63. The Morgan fingerprint density at radius 2 is 2.06 bits per heavy atom. The quantitative estimate of drug-likeness (QED) is 0.655. The maximum absolute atomic E-state index is 13.1. The second kappa shape index (κ2) is 10.3. The van der Waals surface area contributed by atoms with Crippen molar-refractivity contribution >= 4 is 29.7 Å². The van der Waals surface area contributed by atoms with Crippen LogP contribution in [0.15, 0.2) is 47.6 Å². The number of carbonyl (C=O) groups excluding carboxylic acids is 2. The average Bonchev–Trinajstić information content (AvgIpc) is 2.86. The van der Waals surface area contributed by atoms with Crippen molar-refractivity contribution in [1.82, 2.24) is 15.2 Å². The van der Waals surface area contributed by atoms with Crippen LogP contribution in [0.5, 0.6) is 11.5 Å². The van der Waals surface area contributed by atoms with Gasteiger partial charge in [-0.05, 0) is 54.7 Å². The minimum Gasteiger partial charge on any atom is -0.493 e. The molecular weight excluding hydrogens is 438 g/mol. The van der Waals surface area contributed by atoms with Crippen molar-refractivity contribution in [2.45, 2.75) is 37.1 Å². The molecule has 2 heterocycles. The van der Waals surface area contributed by atoms with Gasteiger partial charge in [0.05, 0.1) is 19.1 Å². The Morgan fingerprint density at radius 3 is 2.79 bits per heavy atom. The van der Waals surface area contributed by atoms with Crippen LogP contribution in [0.1, 0.15) is 30.4 Å². The van der Waals surface area contributed by atoms with Gasteiger partial charge in [0.15, 0.2) is 11.5 Å². The SMILES string of the molecule is COc1ccc(/C=C2\SC3CCC(C(=O)NCc4cccnc4)CC3N(C)C2=O)cc1OC. The predicted molar refractivity (Wildman–Crippen MR) is 129 cm³/mol. The monoisotopic (exact) mass is 467 g/mol. The molecule has 7 nitrogen and oxygen atoms in total. The number of benzene rings is 1. The molecule has 0 spiro atoms. The molecule has 1 N–H and O–H groups in total. The van der Waals surface area contributed by atoms with Crippen LogP contribution < -0.4 is 14.8 Å². The molecule has 2 fully saturated rings. The lowest BCUT2D eigenvalue weighted by atomic mass is 9.83. The lowest BCUT2D eigenvalue weighted by Gasteiger charge is -2.44. The van der Waals surface area contributed by atoms with Gasteiger partial charge in [-0.1, -0.05) is 12.1 Å². The van der Waals surface area contributed by atoms with Crippen molar-refractivity contribution in [3.63, 3.8) is 0 Å². The number of hydrogen-bond donors (Lipinski definition) is 1. The second-order valence-corrected chi connectivity index (χ2v) is 9.63. The number of fused-ring (bicyclic) bond motifs is 1. The first-order valence-corrected chi connectivity index (χ1v) is 11.9. The van der Waals surface area contributed by atoms with E-state index in [2.05, 4.69) is 10.3 Å². The van der Waals surface area contributed by atoms with Crippen LogP contribution in [-0.4, -0.2) is 54.3 Å². The third-order valence-electron chi connectivity index (χ3n) is 6.33. The van der Waals surface area contributed by atoms with E-state index >= 15 is 0 Å². The van der Waals surface area contributed by atoms with E-state index in [1.54, 1.807) is 38.4 Å². The zero-order valence-electron chi connectivity index (χ0n) is 19.1. The summed E-state index contributed by atoms with van der Waals surface area (Å²) in [5.41, 5.74) is 1.86. The summed E-state index contributed by atoms with van der Waals surface area (Å²) in [5.74, 6) is 1.24. The molecule has 1 aliphatic heterocycles. The van der Waals surface area contributed by atoms with Crippen molar-refractivity contribution in [2.75, 3.05) is 21.3 Å². The summed E-state index contributed by atoms with van der Waals surface area (Å²) in [5, 5.41) is 3.31. The Labute approximate surface area is 198 Å². The third-order valence-corrected chi connectivity index (χ3v) is 7.73. The van der Waals surface area contributed by atoms with Gasteiger partial charge >= 0.3 is 0 Å². The number of likely N-dealkylation sites (N-methyl/N-ethyl adjacent to an activating group) is 1. The minimum absolute atomic E-state index is 0.00699. The topological polar surface area (TPSA) is 80.8 Å². The second-order valence-electron chi connectivity index (χ2n) is 8.35. The molecule has 1 aliphatic carbocycles. The van der Waals surface area contributed by atoms with E-state index in [1.807, 2.05) is 48.4 Å². The van der Waals surface area contributed by atoms with Crippen molar-refractivity contribution in [3.05, 3.63) is 58.8 Å². The van der Waals surface area contributed by atoms with Gasteiger partial charge in [-0.2, -0.15) is 0 Å². The standard InChI is InChI=1S/C25H29N3O4S/c1-28-19-13-18(24(29)27-15-17-5-4-10-26-14-17)7-9-22(19)33-23(25(28)30)12-16-6-8-20(31-2)21(11-16)32-3/h4-6,8,10-12,14,18-19,22H,7,9,13,15H2,1-3H3,(H,27,29)/b23-12-. The molecule has 3 unspecified atom stereocenters. The smallest absolute Gasteiger partial charge is 0.260 e. The maximum Gasteiger partial charge on any atom is 0.260 e. The van der Waals surface area contributed by atoms with Gasteiger partial charge < -0.3 is 19.7 Å².